The Kier molecular flexibility index (Phi) is 2.55. The Hall–Kier alpha value is -2.95. The van der Waals surface area contributed by atoms with Gasteiger partial charge in [-0.15, -0.1) is 0 Å². The number of aromatic nitrogens is 3. The number of aryl methyl sites for hydroxylation is 1. The zero-order valence-electron chi connectivity index (χ0n) is 13.2. The number of hydrogen-bond acceptors (Lipinski definition) is 3. The lowest BCUT2D eigenvalue weighted by molar-refractivity contribution is 0.757. The molecule has 1 aliphatic carbocycles. The highest BCUT2D eigenvalue weighted by atomic mass is 16.1. The van der Waals surface area contributed by atoms with Crippen molar-refractivity contribution in [2.45, 2.75) is 18.8 Å². The third-order valence-electron chi connectivity index (χ3n) is 5.24. The smallest absolute Gasteiger partial charge is 0.273 e. The van der Waals surface area contributed by atoms with Gasteiger partial charge >= 0.3 is 0 Å². The average molecular weight is 316 g/mol. The normalized spacial score (nSPS) is 24.3. The van der Waals surface area contributed by atoms with E-state index in [1.54, 1.807) is 0 Å². The van der Waals surface area contributed by atoms with E-state index in [2.05, 4.69) is 39.2 Å². The maximum atomic E-state index is 12.4. The largest absolute Gasteiger partial charge is 0.354 e. The molecule has 5 rings (SSSR count). The molecule has 0 spiro atoms. The highest BCUT2D eigenvalue weighted by Crippen LogP contribution is 2.55. The summed E-state index contributed by atoms with van der Waals surface area (Å²) in [5.41, 5.74) is 4.31. The van der Waals surface area contributed by atoms with E-state index in [9.17, 15) is 4.79 Å². The Bertz CT molecular complexity index is 1090. The van der Waals surface area contributed by atoms with Crippen LogP contribution in [-0.4, -0.2) is 21.4 Å². The number of fused-ring (bicyclic) bond motifs is 2. The van der Waals surface area contributed by atoms with Gasteiger partial charge in [-0.1, -0.05) is 18.2 Å². The molecular weight excluding hydrogens is 300 g/mol. The standard InChI is InChI=1S/C19H16N4O/c1-11-3-2-4-15-13(11)7-16(21-15)14-8-17(22-23-18(14)24)19-5-6-20-10-12(19)9-19/h2-8,10,12,21H,9H2,1H3,(H,23,24). The fourth-order valence-electron chi connectivity index (χ4n) is 3.69. The second-order valence-corrected chi connectivity index (χ2v) is 6.68. The lowest BCUT2D eigenvalue weighted by atomic mass is 9.96. The number of hydrogen-bond donors (Lipinski definition) is 2. The molecule has 1 fully saturated rings. The third-order valence-corrected chi connectivity index (χ3v) is 5.24. The van der Waals surface area contributed by atoms with Gasteiger partial charge in [-0.2, -0.15) is 5.10 Å². The summed E-state index contributed by atoms with van der Waals surface area (Å²) >= 11 is 0. The van der Waals surface area contributed by atoms with Crippen molar-refractivity contribution < 1.29 is 0 Å². The predicted molar refractivity (Wildman–Crippen MR) is 94.3 cm³/mol. The first-order chi connectivity index (χ1) is 11.7. The summed E-state index contributed by atoms with van der Waals surface area (Å²) in [4.78, 5) is 19.9. The molecule has 1 aromatic carbocycles. The summed E-state index contributed by atoms with van der Waals surface area (Å²) in [7, 11) is 0. The first-order valence-electron chi connectivity index (χ1n) is 8.07. The van der Waals surface area contributed by atoms with Crippen LogP contribution in [0.1, 0.15) is 17.7 Å². The quantitative estimate of drug-likeness (QED) is 0.762. The van der Waals surface area contributed by atoms with Gasteiger partial charge in [0.2, 0.25) is 0 Å². The van der Waals surface area contributed by atoms with Crippen LogP contribution in [0.15, 0.2) is 52.4 Å². The summed E-state index contributed by atoms with van der Waals surface area (Å²) in [6.45, 7) is 2.07. The molecule has 2 N–H and O–H groups in total. The number of allylic oxidation sites excluding steroid dienone is 1. The first kappa shape index (κ1) is 13.5. The number of nitrogens with one attached hydrogen (secondary N) is 2. The zero-order valence-corrected chi connectivity index (χ0v) is 13.2. The molecular formula is C19H16N4O. The number of rotatable bonds is 2. The van der Waals surface area contributed by atoms with Gasteiger partial charge in [-0.25, -0.2) is 5.10 Å². The van der Waals surface area contributed by atoms with E-state index < -0.39 is 0 Å². The summed E-state index contributed by atoms with van der Waals surface area (Å²) in [5.74, 6) is 0.388. The molecule has 0 bridgehead atoms. The molecule has 5 nitrogen and oxygen atoms in total. The van der Waals surface area contributed by atoms with Crippen molar-refractivity contribution in [2.75, 3.05) is 0 Å². The molecule has 1 aliphatic heterocycles. The summed E-state index contributed by atoms with van der Waals surface area (Å²) < 4.78 is 0. The second-order valence-electron chi connectivity index (χ2n) is 6.68. The van der Waals surface area contributed by atoms with Crippen molar-refractivity contribution in [1.82, 2.24) is 15.2 Å². The molecule has 2 aromatic heterocycles. The number of nitrogens with zero attached hydrogens (tertiary/aromatic N) is 2. The van der Waals surface area contributed by atoms with Crippen LogP contribution in [0.25, 0.3) is 22.2 Å². The SMILES string of the molecule is Cc1cccc2[nH]c(-c3cc(C45C=CN=CC4C5)n[nH]c3=O)cc12. The van der Waals surface area contributed by atoms with Crippen LogP contribution in [0, 0.1) is 12.8 Å². The Morgan fingerprint density at radius 1 is 1.29 bits per heavy atom. The Labute approximate surface area is 138 Å². The van der Waals surface area contributed by atoms with Crippen molar-refractivity contribution in [3.05, 3.63) is 64.2 Å². The number of benzene rings is 1. The number of aromatic amines is 2. The molecule has 2 aliphatic rings. The lowest BCUT2D eigenvalue weighted by Crippen LogP contribution is -2.19. The number of H-pyrrole nitrogens is 2. The van der Waals surface area contributed by atoms with Crippen LogP contribution in [0.4, 0.5) is 0 Å². The monoisotopic (exact) mass is 316 g/mol. The molecule has 2 unspecified atom stereocenters. The molecule has 3 heterocycles. The van der Waals surface area contributed by atoms with Crippen molar-refractivity contribution in [3.63, 3.8) is 0 Å². The minimum absolute atomic E-state index is 0.0946. The van der Waals surface area contributed by atoms with Gasteiger partial charge in [0.05, 0.1) is 17.0 Å². The molecule has 0 amide bonds. The summed E-state index contributed by atoms with van der Waals surface area (Å²) in [6.07, 6.45) is 6.88. The Morgan fingerprint density at radius 3 is 3.04 bits per heavy atom. The summed E-state index contributed by atoms with van der Waals surface area (Å²) in [6, 6.07) is 10.1. The molecule has 3 aromatic rings. The van der Waals surface area contributed by atoms with Gasteiger partial charge in [0.15, 0.2) is 0 Å². The van der Waals surface area contributed by atoms with E-state index in [1.807, 2.05) is 36.7 Å². The van der Waals surface area contributed by atoms with Gasteiger partial charge in [0.1, 0.15) is 0 Å². The van der Waals surface area contributed by atoms with E-state index >= 15 is 0 Å². The van der Waals surface area contributed by atoms with Crippen molar-refractivity contribution in [3.8, 4) is 11.3 Å². The van der Waals surface area contributed by atoms with Gasteiger partial charge in [0.25, 0.3) is 5.56 Å². The molecule has 0 radical (unpaired) electrons. The Balaban J connectivity index is 1.67. The first-order valence-corrected chi connectivity index (χ1v) is 8.07. The van der Waals surface area contributed by atoms with Crippen LogP contribution in [0.5, 0.6) is 0 Å². The third kappa shape index (κ3) is 1.78. The molecule has 1 saturated carbocycles. The average Bonchev–Trinajstić information content (AvgIpc) is 3.19. The van der Waals surface area contributed by atoms with Crippen LogP contribution in [-0.2, 0) is 5.41 Å². The van der Waals surface area contributed by atoms with E-state index in [1.165, 1.54) is 5.56 Å². The number of aliphatic imine (C=N–C) groups is 1. The van der Waals surface area contributed by atoms with Crippen molar-refractivity contribution >= 4 is 17.1 Å². The maximum Gasteiger partial charge on any atom is 0.273 e. The predicted octanol–water partition coefficient (Wildman–Crippen LogP) is 3.08. The van der Waals surface area contributed by atoms with E-state index in [-0.39, 0.29) is 11.0 Å². The minimum atomic E-state index is -0.176. The second kappa shape index (κ2) is 4.54. The van der Waals surface area contributed by atoms with Crippen molar-refractivity contribution in [2.24, 2.45) is 10.9 Å². The van der Waals surface area contributed by atoms with E-state index in [0.717, 1.165) is 28.7 Å². The van der Waals surface area contributed by atoms with Gasteiger partial charge in [0, 0.05) is 34.7 Å². The van der Waals surface area contributed by atoms with Crippen molar-refractivity contribution in [1.29, 1.82) is 0 Å². The van der Waals surface area contributed by atoms with Gasteiger partial charge in [-0.3, -0.25) is 9.79 Å². The molecule has 24 heavy (non-hydrogen) atoms. The molecule has 5 heteroatoms. The Morgan fingerprint density at radius 2 is 2.21 bits per heavy atom. The lowest BCUT2D eigenvalue weighted by Gasteiger charge is -2.12. The van der Waals surface area contributed by atoms with E-state index in [4.69, 9.17) is 0 Å². The van der Waals surface area contributed by atoms with Crippen LogP contribution >= 0.6 is 0 Å². The summed E-state index contributed by atoms with van der Waals surface area (Å²) in [5, 5.41) is 8.12. The van der Waals surface area contributed by atoms with Crippen LogP contribution < -0.4 is 5.56 Å². The maximum absolute atomic E-state index is 12.4. The zero-order chi connectivity index (χ0) is 16.3. The molecule has 2 atom stereocenters. The molecule has 118 valence electrons. The topological polar surface area (TPSA) is 73.9 Å². The minimum Gasteiger partial charge on any atom is -0.354 e. The van der Waals surface area contributed by atoms with Crippen LogP contribution in [0.2, 0.25) is 0 Å². The van der Waals surface area contributed by atoms with Gasteiger partial charge < -0.3 is 4.98 Å². The van der Waals surface area contributed by atoms with Crippen LogP contribution in [0.3, 0.4) is 0 Å². The van der Waals surface area contributed by atoms with Gasteiger partial charge in [-0.05, 0) is 37.1 Å². The highest BCUT2D eigenvalue weighted by molar-refractivity contribution is 5.88. The molecule has 0 saturated heterocycles. The van der Waals surface area contributed by atoms with E-state index in [0.29, 0.717) is 11.5 Å². The fourth-order valence-corrected chi connectivity index (χ4v) is 3.69. The fraction of sp³-hybridized carbons (Fsp3) is 0.211. The highest BCUT2D eigenvalue weighted by Gasteiger charge is 2.55.